The SMILES string of the molecule is CC(C)c1nccn1CCN1CCN(C(=O)Cc2ccc(Cl)cc2)CC1. The van der Waals surface area contributed by atoms with E-state index >= 15 is 0 Å². The smallest absolute Gasteiger partial charge is 0.227 e. The van der Waals surface area contributed by atoms with Gasteiger partial charge in [-0.1, -0.05) is 37.6 Å². The molecule has 6 heteroatoms. The van der Waals surface area contributed by atoms with E-state index in [1.54, 1.807) is 0 Å². The van der Waals surface area contributed by atoms with E-state index in [1.165, 1.54) is 0 Å². The summed E-state index contributed by atoms with van der Waals surface area (Å²) in [6, 6.07) is 7.52. The fraction of sp³-hybridized carbons (Fsp3) is 0.500. The van der Waals surface area contributed by atoms with E-state index in [0.717, 1.165) is 50.7 Å². The Balaban J connectivity index is 1.44. The first-order valence-corrected chi connectivity index (χ1v) is 9.66. The molecule has 1 aliphatic rings. The van der Waals surface area contributed by atoms with Gasteiger partial charge in [0.05, 0.1) is 6.42 Å². The van der Waals surface area contributed by atoms with Crippen molar-refractivity contribution in [3.8, 4) is 0 Å². The lowest BCUT2D eigenvalue weighted by Crippen LogP contribution is -2.49. The van der Waals surface area contributed by atoms with E-state index in [-0.39, 0.29) is 5.91 Å². The van der Waals surface area contributed by atoms with Crippen LogP contribution in [0.3, 0.4) is 0 Å². The number of rotatable bonds is 6. The van der Waals surface area contributed by atoms with Crippen molar-refractivity contribution < 1.29 is 4.79 Å². The minimum Gasteiger partial charge on any atom is -0.340 e. The number of aromatic nitrogens is 2. The number of carbonyl (C=O) groups is 1. The van der Waals surface area contributed by atoms with Crippen LogP contribution >= 0.6 is 11.6 Å². The van der Waals surface area contributed by atoms with Crippen molar-refractivity contribution in [2.24, 2.45) is 0 Å². The van der Waals surface area contributed by atoms with Crippen LogP contribution < -0.4 is 0 Å². The Morgan fingerprint density at radius 2 is 1.81 bits per heavy atom. The number of benzene rings is 1. The zero-order valence-electron chi connectivity index (χ0n) is 15.6. The molecule has 1 fully saturated rings. The topological polar surface area (TPSA) is 41.4 Å². The summed E-state index contributed by atoms with van der Waals surface area (Å²) in [6.45, 7) is 9.74. The molecule has 0 saturated carbocycles. The first-order valence-electron chi connectivity index (χ1n) is 9.28. The number of nitrogens with zero attached hydrogens (tertiary/aromatic N) is 4. The first-order chi connectivity index (χ1) is 12.5. The molecule has 1 aromatic carbocycles. The molecule has 140 valence electrons. The molecule has 1 amide bonds. The van der Waals surface area contributed by atoms with Gasteiger partial charge in [0.15, 0.2) is 0 Å². The van der Waals surface area contributed by atoms with Gasteiger partial charge in [-0.3, -0.25) is 9.69 Å². The van der Waals surface area contributed by atoms with Crippen LogP contribution in [0.25, 0.3) is 0 Å². The highest BCUT2D eigenvalue weighted by molar-refractivity contribution is 6.30. The van der Waals surface area contributed by atoms with Gasteiger partial charge in [-0.05, 0) is 17.7 Å². The maximum Gasteiger partial charge on any atom is 0.227 e. The molecule has 3 rings (SSSR count). The number of imidazole rings is 1. The summed E-state index contributed by atoms with van der Waals surface area (Å²) in [5.74, 6) is 1.78. The van der Waals surface area contributed by atoms with E-state index < -0.39 is 0 Å². The average Bonchev–Trinajstić information content (AvgIpc) is 3.11. The summed E-state index contributed by atoms with van der Waals surface area (Å²) >= 11 is 5.90. The summed E-state index contributed by atoms with van der Waals surface area (Å²) in [5, 5.41) is 0.702. The highest BCUT2D eigenvalue weighted by Crippen LogP contribution is 2.13. The molecule has 2 heterocycles. The van der Waals surface area contributed by atoms with Gasteiger partial charge in [-0.15, -0.1) is 0 Å². The Morgan fingerprint density at radius 3 is 2.46 bits per heavy atom. The molecular weight excluding hydrogens is 348 g/mol. The number of amides is 1. The van der Waals surface area contributed by atoms with Gasteiger partial charge in [0.25, 0.3) is 0 Å². The summed E-state index contributed by atoms with van der Waals surface area (Å²) in [6.07, 6.45) is 4.38. The molecule has 0 radical (unpaired) electrons. The lowest BCUT2D eigenvalue weighted by Gasteiger charge is -2.35. The molecule has 1 saturated heterocycles. The molecule has 2 aromatic rings. The highest BCUT2D eigenvalue weighted by Gasteiger charge is 2.21. The van der Waals surface area contributed by atoms with Crippen LogP contribution in [0.1, 0.15) is 31.2 Å². The summed E-state index contributed by atoms with van der Waals surface area (Å²) in [7, 11) is 0. The maximum absolute atomic E-state index is 12.5. The van der Waals surface area contributed by atoms with Gasteiger partial charge in [-0.25, -0.2) is 4.98 Å². The molecule has 5 nitrogen and oxygen atoms in total. The molecule has 0 unspecified atom stereocenters. The fourth-order valence-corrected chi connectivity index (χ4v) is 3.50. The molecule has 0 aliphatic carbocycles. The van der Waals surface area contributed by atoms with Gasteiger partial charge in [0.2, 0.25) is 5.91 Å². The maximum atomic E-state index is 12.5. The molecule has 0 N–H and O–H groups in total. The Hall–Kier alpha value is -1.85. The largest absolute Gasteiger partial charge is 0.340 e. The molecule has 26 heavy (non-hydrogen) atoms. The van der Waals surface area contributed by atoms with Crippen molar-refractivity contribution in [2.75, 3.05) is 32.7 Å². The van der Waals surface area contributed by atoms with Crippen molar-refractivity contribution >= 4 is 17.5 Å². The third kappa shape index (κ3) is 4.86. The van der Waals surface area contributed by atoms with Crippen molar-refractivity contribution in [3.05, 3.63) is 53.1 Å². The van der Waals surface area contributed by atoms with Crippen LogP contribution in [0, 0.1) is 0 Å². The zero-order valence-corrected chi connectivity index (χ0v) is 16.3. The molecular formula is C20H27ClN4O. The second-order valence-corrected chi connectivity index (χ2v) is 7.60. The molecule has 0 bridgehead atoms. The quantitative estimate of drug-likeness (QED) is 0.780. The Bertz CT molecular complexity index is 718. The van der Waals surface area contributed by atoms with Crippen molar-refractivity contribution in [1.82, 2.24) is 19.4 Å². The van der Waals surface area contributed by atoms with Crippen molar-refractivity contribution in [1.29, 1.82) is 0 Å². The van der Waals surface area contributed by atoms with Gasteiger partial charge in [0.1, 0.15) is 5.82 Å². The number of piperazine rings is 1. The number of halogens is 1. The lowest BCUT2D eigenvalue weighted by atomic mass is 10.1. The van der Waals surface area contributed by atoms with Gasteiger partial charge in [0, 0.05) is 62.6 Å². The van der Waals surface area contributed by atoms with E-state index in [4.69, 9.17) is 11.6 Å². The summed E-state index contributed by atoms with van der Waals surface area (Å²) < 4.78 is 2.24. The van der Waals surface area contributed by atoms with Crippen molar-refractivity contribution in [3.63, 3.8) is 0 Å². The molecule has 1 aliphatic heterocycles. The Labute approximate surface area is 160 Å². The highest BCUT2D eigenvalue weighted by atomic mass is 35.5. The summed E-state index contributed by atoms with van der Waals surface area (Å²) in [5.41, 5.74) is 1.02. The fourth-order valence-electron chi connectivity index (χ4n) is 3.37. The first kappa shape index (κ1) is 18.9. The van der Waals surface area contributed by atoms with Crippen molar-refractivity contribution in [2.45, 2.75) is 32.7 Å². The van der Waals surface area contributed by atoms with E-state index in [0.29, 0.717) is 17.4 Å². The van der Waals surface area contributed by atoms with Crippen LogP contribution in [0.4, 0.5) is 0 Å². The Morgan fingerprint density at radius 1 is 1.12 bits per heavy atom. The van der Waals surface area contributed by atoms with Gasteiger partial charge in [-0.2, -0.15) is 0 Å². The van der Waals surface area contributed by atoms with Crippen LogP contribution in [0.15, 0.2) is 36.7 Å². The Kier molecular flexibility index (Phi) is 6.33. The van der Waals surface area contributed by atoms with E-state index in [2.05, 4.69) is 34.5 Å². The third-order valence-corrected chi connectivity index (χ3v) is 5.17. The van der Waals surface area contributed by atoms with E-state index in [1.807, 2.05) is 35.4 Å². The summed E-state index contributed by atoms with van der Waals surface area (Å²) in [4.78, 5) is 21.3. The zero-order chi connectivity index (χ0) is 18.5. The normalized spacial score (nSPS) is 15.6. The lowest BCUT2D eigenvalue weighted by molar-refractivity contribution is -0.132. The monoisotopic (exact) mass is 374 g/mol. The number of carbonyl (C=O) groups excluding carboxylic acids is 1. The van der Waals surface area contributed by atoms with Crippen LogP contribution in [0.5, 0.6) is 0 Å². The average molecular weight is 375 g/mol. The minimum absolute atomic E-state index is 0.198. The third-order valence-electron chi connectivity index (χ3n) is 4.91. The number of hydrogen-bond acceptors (Lipinski definition) is 3. The van der Waals surface area contributed by atoms with Crippen LogP contribution in [-0.2, 0) is 17.8 Å². The van der Waals surface area contributed by atoms with Crippen LogP contribution in [-0.4, -0.2) is 58.0 Å². The van der Waals surface area contributed by atoms with Gasteiger partial charge < -0.3 is 9.47 Å². The molecule has 1 aromatic heterocycles. The second-order valence-electron chi connectivity index (χ2n) is 7.16. The van der Waals surface area contributed by atoms with E-state index in [9.17, 15) is 4.79 Å². The molecule has 0 atom stereocenters. The molecule has 0 spiro atoms. The predicted octanol–water partition coefficient (Wildman–Crippen LogP) is 3.05. The minimum atomic E-state index is 0.198. The van der Waals surface area contributed by atoms with Crippen LogP contribution in [0.2, 0.25) is 5.02 Å². The number of hydrogen-bond donors (Lipinski definition) is 0. The predicted molar refractivity (Wildman–Crippen MR) is 104 cm³/mol. The second kappa shape index (κ2) is 8.69. The standard InChI is InChI=1S/C20H27ClN4O/c1-16(2)20-22-7-8-25(20)14-11-23-9-12-24(13-10-23)19(26)15-17-3-5-18(21)6-4-17/h3-8,16H,9-15H2,1-2H3. The van der Waals surface area contributed by atoms with Gasteiger partial charge >= 0.3 is 0 Å².